The van der Waals surface area contributed by atoms with Crippen LogP contribution in [0, 0.1) is 24.7 Å². The average molecular weight is 336 g/mol. The molecule has 2 atom stereocenters. The van der Waals surface area contributed by atoms with Crippen molar-refractivity contribution in [3.8, 4) is 0 Å². The smallest absolute Gasteiger partial charge is 0.237 e. The fourth-order valence-electron chi connectivity index (χ4n) is 3.56. The minimum atomic E-state index is -0.0910. The van der Waals surface area contributed by atoms with Crippen molar-refractivity contribution in [1.29, 1.82) is 0 Å². The maximum atomic E-state index is 12.6. The number of amides is 2. The van der Waals surface area contributed by atoms with Gasteiger partial charge in [0.1, 0.15) is 0 Å². The quantitative estimate of drug-likeness (QED) is 0.773. The zero-order valence-electron chi connectivity index (χ0n) is 11.7. The molecule has 0 spiro atoms. The number of carbonyl (C=O) groups is 2. The van der Waals surface area contributed by atoms with Crippen LogP contribution in [0.3, 0.4) is 0 Å². The summed E-state index contributed by atoms with van der Waals surface area (Å²) in [6.07, 6.45) is 2.80. The number of rotatable bonds is 2. The van der Waals surface area contributed by atoms with Gasteiger partial charge in [-0.15, -0.1) is 0 Å². The summed E-state index contributed by atoms with van der Waals surface area (Å²) in [7, 11) is 0. The zero-order valence-corrected chi connectivity index (χ0v) is 13.3. The van der Waals surface area contributed by atoms with Crippen LogP contribution in [0.5, 0.6) is 0 Å². The molecule has 2 fully saturated rings. The van der Waals surface area contributed by atoms with E-state index in [1.165, 1.54) is 4.90 Å². The first-order valence-corrected chi connectivity index (χ1v) is 7.95. The van der Waals surface area contributed by atoms with Gasteiger partial charge in [-0.2, -0.15) is 0 Å². The number of nitrogens with zero attached hydrogens (tertiary/aromatic N) is 1. The number of hydrogen-bond donors (Lipinski definition) is 0. The van der Waals surface area contributed by atoms with Crippen LogP contribution in [0.25, 0.3) is 0 Å². The van der Waals surface area contributed by atoms with Crippen LogP contribution in [-0.2, 0) is 9.59 Å². The summed E-state index contributed by atoms with van der Waals surface area (Å²) >= 11 is 3.43. The summed E-state index contributed by atoms with van der Waals surface area (Å²) in [6, 6.07) is 5.72. The molecule has 1 saturated heterocycles. The molecule has 0 radical (unpaired) electrons. The lowest BCUT2D eigenvalue weighted by molar-refractivity contribution is -0.123. The lowest BCUT2D eigenvalue weighted by atomic mass is 10.00. The molecule has 20 heavy (non-hydrogen) atoms. The predicted molar refractivity (Wildman–Crippen MR) is 81.4 cm³/mol. The minimum absolute atomic E-state index is 0.00606. The molecular weight excluding hydrogens is 318 g/mol. The molecule has 106 valence electrons. The standard InChI is InChI=1S/C16H18BrNO2/c1-3-10-6-13-14(7-10)16(20)18(15(13)19)12-5-9(2)4-11(17)8-12/h4-5,8,10,13-14H,3,6-7H2,1-2H3. The van der Waals surface area contributed by atoms with Gasteiger partial charge in [0.25, 0.3) is 0 Å². The Morgan fingerprint density at radius 1 is 1.15 bits per heavy atom. The van der Waals surface area contributed by atoms with E-state index in [2.05, 4.69) is 22.9 Å². The van der Waals surface area contributed by atoms with Crippen molar-refractivity contribution in [3.63, 3.8) is 0 Å². The maximum Gasteiger partial charge on any atom is 0.237 e. The molecule has 1 heterocycles. The van der Waals surface area contributed by atoms with Crippen LogP contribution < -0.4 is 4.90 Å². The number of hydrogen-bond acceptors (Lipinski definition) is 2. The maximum absolute atomic E-state index is 12.6. The van der Waals surface area contributed by atoms with Crippen molar-refractivity contribution in [1.82, 2.24) is 0 Å². The lowest BCUT2D eigenvalue weighted by Crippen LogP contribution is -2.32. The fraction of sp³-hybridized carbons (Fsp3) is 0.500. The third-order valence-corrected chi connectivity index (χ3v) is 5.06. The van der Waals surface area contributed by atoms with Crippen molar-refractivity contribution in [2.45, 2.75) is 33.1 Å². The first-order valence-electron chi connectivity index (χ1n) is 7.16. The Bertz CT molecular complexity index is 540. The highest BCUT2D eigenvalue weighted by Gasteiger charge is 2.52. The molecule has 1 aromatic rings. The van der Waals surface area contributed by atoms with Gasteiger partial charge in [-0.1, -0.05) is 29.3 Å². The minimum Gasteiger partial charge on any atom is -0.274 e. The van der Waals surface area contributed by atoms with E-state index in [1.54, 1.807) is 0 Å². The first kappa shape index (κ1) is 13.8. The molecule has 2 aliphatic rings. The molecule has 4 heteroatoms. The van der Waals surface area contributed by atoms with E-state index in [0.717, 1.165) is 29.3 Å². The van der Waals surface area contributed by atoms with Crippen LogP contribution in [-0.4, -0.2) is 11.8 Å². The number of imide groups is 1. The zero-order chi connectivity index (χ0) is 14.4. The van der Waals surface area contributed by atoms with Gasteiger partial charge < -0.3 is 0 Å². The Balaban J connectivity index is 1.93. The Hall–Kier alpha value is -1.16. The number of aryl methyl sites for hydroxylation is 1. The first-order chi connectivity index (χ1) is 9.51. The molecule has 1 saturated carbocycles. The molecule has 1 aromatic carbocycles. The monoisotopic (exact) mass is 335 g/mol. The summed E-state index contributed by atoms with van der Waals surface area (Å²) < 4.78 is 0.900. The predicted octanol–water partition coefficient (Wildman–Crippen LogP) is 3.68. The highest BCUT2D eigenvalue weighted by atomic mass is 79.9. The fourth-order valence-corrected chi connectivity index (χ4v) is 4.16. The Morgan fingerprint density at radius 3 is 2.25 bits per heavy atom. The van der Waals surface area contributed by atoms with Crippen molar-refractivity contribution in [2.75, 3.05) is 4.90 Å². The van der Waals surface area contributed by atoms with Crippen LogP contribution >= 0.6 is 15.9 Å². The molecule has 3 nitrogen and oxygen atoms in total. The summed E-state index contributed by atoms with van der Waals surface area (Å²) in [5, 5.41) is 0. The second kappa shape index (κ2) is 4.99. The lowest BCUT2D eigenvalue weighted by Gasteiger charge is -2.18. The van der Waals surface area contributed by atoms with E-state index in [0.29, 0.717) is 11.6 Å². The second-order valence-corrected chi connectivity index (χ2v) is 6.87. The summed E-state index contributed by atoms with van der Waals surface area (Å²) in [4.78, 5) is 26.5. The molecule has 0 N–H and O–H groups in total. The summed E-state index contributed by atoms with van der Waals surface area (Å²) in [5.41, 5.74) is 1.74. The number of anilines is 1. The van der Waals surface area contributed by atoms with Crippen molar-refractivity contribution >= 4 is 33.4 Å². The highest BCUT2D eigenvalue weighted by molar-refractivity contribution is 9.10. The summed E-state index contributed by atoms with van der Waals surface area (Å²) in [5.74, 6) is 0.338. The van der Waals surface area contributed by atoms with Crippen molar-refractivity contribution < 1.29 is 9.59 Å². The normalized spacial score (nSPS) is 29.1. The van der Waals surface area contributed by atoms with Crippen molar-refractivity contribution in [2.24, 2.45) is 17.8 Å². The van der Waals surface area contributed by atoms with E-state index in [-0.39, 0.29) is 23.7 Å². The van der Waals surface area contributed by atoms with Gasteiger partial charge in [-0.25, -0.2) is 0 Å². The molecule has 2 amide bonds. The Labute approximate surface area is 127 Å². The molecule has 0 bridgehead atoms. The van der Waals surface area contributed by atoms with Crippen LogP contribution in [0.4, 0.5) is 5.69 Å². The number of carbonyl (C=O) groups excluding carboxylic acids is 2. The average Bonchev–Trinajstić information content (AvgIpc) is 2.89. The summed E-state index contributed by atoms with van der Waals surface area (Å²) in [6.45, 7) is 4.10. The highest BCUT2D eigenvalue weighted by Crippen LogP contribution is 2.45. The second-order valence-electron chi connectivity index (χ2n) is 5.96. The molecule has 1 aliphatic heterocycles. The van der Waals surface area contributed by atoms with E-state index in [4.69, 9.17) is 0 Å². The van der Waals surface area contributed by atoms with Gasteiger partial charge in [-0.3, -0.25) is 14.5 Å². The van der Waals surface area contributed by atoms with Crippen LogP contribution in [0.15, 0.2) is 22.7 Å². The topological polar surface area (TPSA) is 37.4 Å². The van der Waals surface area contributed by atoms with E-state index in [1.807, 2.05) is 25.1 Å². The van der Waals surface area contributed by atoms with E-state index >= 15 is 0 Å². The Morgan fingerprint density at radius 2 is 1.75 bits per heavy atom. The molecule has 3 rings (SSSR count). The van der Waals surface area contributed by atoms with Gasteiger partial charge in [0.15, 0.2) is 0 Å². The molecule has 2 unspecified atom stereocenters. The largest absolute Gasteiger partial charge is 0.274 e. The van der Waals surface area contributed by atoms with Gasteiger partial charge in [0.2, 0.25) is 11.8 Å². The third-order valence-electron chi connectivity index (χ3n) is 4.60. The molecule has 1 aliphatic carbocycles. The van der Waals surface area contributed by atoms with E-state index < -0.39 is 0 Å². The van der Waals surface area contributed by atoms with Gasteiger partial charge in [0.05, 0.1) is 17.5 Å². The molecule has 0 aromatic heterocycles. The van der Waals surface area contributed by atoms with Crippen LogP contribution in [0.2, 0.25) is 0 Å². The Kier molecular flexibility index (Phi) is 3.44. The SMILES string of the molecule is CCC1CC2C(=O)N(c3cc(C)cc(Br)c3)C(=O)C2C1. The van der Waals surface area contributed by atoms with Gasteiger partial charge in [-0.05, 0) is 49.4 Å². The third kappa shape index (κ3) is 2.10. The molecular formula is C16H18BrNO2. The number of fused-ring (bicyclic) bond motifs is 1. The van der Waals surface area contributed by atoms with Gasteiger partial charge in [0, 0.05) is 4.47 Å². The van der Waals surface area contributed by atoms with E-state index in [9.17, 15) is 9.59 Å². The van der Waals surface area contributed by atoms with Crippen LogP contribution in [0.1, 0.15) is 31.7 Å². The number of benzene rings is 1. The number of halogens is 1. The van der Waals surface area contributed by atoms with Crippen molar-refractivity contribution in [3.05, 3.63) is 28.2 Å². The van der Waals surface area contributed by atoms with Gasteiger partial charge >= 0.3 is 0 Å².